The first-order valence-electron chi connectivity index (χ1n) is 6.74. The average Bonchev–Trinajstić information content (AvgIpc) is 2.70. The van der Waals surface area contributed by atoms with Crippen molar-refractivity contribution in [2.45, 2.75) is 18.9 Å². The molecule has 1 saturated heterocycles. The van der Waals surface area contributed by atoms with Crippen LogP contribution in [0.4, 0.5) is 0 Å². The van der Waals surface area contributed by atoms with Crippen molar-refractivity contribution in [3.63, 3.8) is 0 Å². The summed E-state index contributed by atoms with van der Waals surface area (Å²) in [7, 11) is -3.14. The van der Waals surface area contributed by atoms with Crippen LogP contribution in [0.1, 0.15) is 23.7 Å². The molecule has 0 saturated carbocycles. The van der Waals surface area contributed by atoms with Crippen LogP contribution in [0.15, 0.2) is 18.2 Å². The summed E-state index contributed by atoms with van der Waals surface area (Å²) in [5.41, 5.74) is -0.858. The van der Waals surface area contributed by atoms with Gasteiger partial charge in [0.25, 0.3) is 5.91 Å². The van der Waals surface area contributed by atoms with Crippen LogP contribution in [0.25, 0.3) is 0 Å². The summed E-state index contributed by atoms with van der Waals surface area (Å²) < 4.78 is 27.9. The largest absolute Gasteiger partial charge is 0.452 e. The van der Waals surface area contributed by atoms with Gasteiger partial charge in [0.1, 0.15) is 0 Å². The fourth-order valence-corrected chi connectivity index (χ4v) is 5.02. The number of carbonyl (C=O) groups is 2. The molecule has 0 aromatic heterocycles. The van der Waals surface area contributed by atoms with E-state index in [0.29, 0.717) is 6.42 Å². The number of esters is 1. The number of carbonyl (C=O) groups excluding carboxylic acids is 2. The molecule has 0 spiro atoms. The van der Waals surface area contributed by atoms with Crippen LogP contribution >= 0.6 is 23.2 Å². The van der Waals surface area contributed by atoms with Crippen molar-refractivity contribution in [2.24, 2.45) is 0 Å². The van der Waals surface area contributed by atoms with E-state index in [9.17, 15) is 18.0 Å². The summed E-state index contributed by atoms with van der Waals surface area (Å²) in [5.74, 6) is -1.50. The molecular weight excluding hydrogens is 365 g/mol. The summed E-state index contributed by atoms with van der Waals surface area (Å²) in [6.07, 6.45) is 0.325. The highest BCUT2D eigenvalue weighted by Crippen LogP contribution is 2.25. The smallest absolute Gasteiger partial charge is 0.341 e. The van der Waals surface area contributed by atoms with E-state index in [-0.39, 0.29) is 27.1 Å². The third-order valence-electron chi connectivity index (χ3n) is 3.45. The molecule has 0 aliphatic carbocycles. The topological polar surface area (TPSA) is 89.5 Å². The summed E-state index contributed by atoms with van der Waals surface area (Å²) in [4.78, 5) is 23.8. The monoisotopic (exact) mass is 379 g/mol. The molecule has 1 aliphatic heterocycles. The predicted molar refractivity (Wildman–Crippen MR) is 86.6 cm³/mol. The molecule has 1 aromatic rings. The number of amides is 1. The Labute approximate surface area is 144 Å². The van der Waals surface area contributed by atoms with E-state index in [1.165, 1.54) is 12.1 Å². The van der Waals surface area contributed by atoms with E-state index < -0.39 is 33.9 Å². The van der Waals surface area contributed by atoms with Gasteiger partial charge in [-0.1, -0.05) is 29.3 Å². The number of halogens is 2. The maximum Gasteiger partial charge on any atom is 0.341 e. The lowest BCUT2D eigenvalue weighted by atomic mass is 10.0. The SMILES string of the molecule is C[C@@]1(NC(=O)COC(=O)c2c(Cl)cccc2Cl)CCS(=O)(=O)C1. The van der Waals surface area contributed by atoms with E-state index in [1.807, 2.05) is 0 Å². The lowest BCUT2D eigenvalue weighted by molar-refractivity contribution is -0.125. The second kappa shape index (κ2) is 6.67. The lowest BCUT2D eigenvalue weighted by Gasteiger charge is -2.23. The van der Waals surface area contributed by atoms with Crippen molar-refractivity contribution < 1.29 is 22.7 Å². The standard InChI is InChI=1S/C14H15Cl2NO5S/c1-14(5-6-23(20,21)8-14)17-11(18)7-22-13(19)12-9(15)3-2-4-10(12)16/h2-4H,5-8H2,1H3,(H,17,18)/t14-/m1/s1. The number of rotatable bonds is 4. The normalized spacial score (nSPS) is 22.6. The van der Waals surface area contributed by atoms with Gasteiger partial charge in [-0.25, -0.2) is 13.2 Å². The van der Waals surface area contributed by atoms with Gasteiger partial charge in [0.05, 0.1) is 32.7 Å². The maximum atomic E-state index is 11.9. The Hall–Kier alpha value is -1.31. The van der Waals surface area contributed by atoms with Crippen LogP contribution < -0.4 is 5.32 Å². The van der Waals surface area contributed by atoms with E-state index in [1.54, 1.807) is 13.0 Å². The van der Waals surface area contributed by atoms with Crippen LogP contribution in [0, 0.1) is 0 Å². The molecule has 1 heterocycles. The molecular formula is C14H15Cl2NO5S. The fraction of sp³-hybridized carbons (Fsp3) is 0.429. The van der Waals surface area contributed by atoms with Crippen molar-refractivity contribution in [3.8, 4) is 0 Å². The minimum atomic E-state index is -3.14. The van der Waals surface area contributed by atoms with Crippen molar-refractivity contribution >= 4 is 44.9 Å². The molecule has 6 nitrogen and oxygen atoms in total. The second-order valence-corrected chi connectivity index (χ2v) is 8.62. The summed E-state index contributed by atoms with van der Waals surface area (Å²) >= 11 is 11.8. The molecule has 1 amide bonds. The van der Waals surface area contributed by atoms with E-state index >= 15 is 0 Å². The van der Waals surface area contributed by atoms with Gasteiger partial charge in [0.15, 0.2) is 16.4 Å². The van der Waals surface area contributed by atoms with Crippen LogP contribution in [0.3, 0.4) is 0 Å². The Morgan fingerprint density at radius 3 is 2.43 bits per heavy atom. The second-order valence-electron chi connectivity index (χ2n) is 5.62. The Morgan fingerprint density at radius 1 is 1.30 bits per heavy atom. The highest BCUT2D eigenvalue weighted by atomic mass is 35.5. The number of hydrogen-bond donors (Lipinski definition) is 1. The Kier molecular flexibility index (Phi) is 5.23. The third-order valence-corrected chi connectivity index (χ3v) is 5.98. The average molecular weight is 380 g/mol. The van der Waals surface area contributed by atoms with Gasteiger partial charge in [-0.3, -0.25) is 4.79 Å². The lowest BCUT2D eigenvalue weighted by Crippen LogP contribution is -2.48. The van der Waals surface area contributed by atoms with Gasteiger partial charge < -0.3 is 10.1 Å². The van der Waals surface area contributed by atoms with Gasteiger partial charge in [0.2, 0.25) is 0 Å². The molecule has 23 heavy (non-hydrogen) atoms. The molecule has 1 fully saturated rings. The molecule has 1 atom stereocenters. The molecule has 1 aromatic carbocycles. The number of benzene rings is 1. The molecule has 0 bridgehead atoms. The van der Waals surface area contributed by atoms with Crippen LogP contribution in [-0.4, -0.2) is 43.9 Å². The Balaban J connectivity index is 1.94. The summed E-state index contributed by atoms with van der Waals surface area (Å²) in [6, 6.07) is 4.54. The highest BCUT2D eigenvalue weighted by molar-refractivity contribution is 7.91. The summed E-state index contributed by atoms with van der Waals surface area (Å²) in [5, 5.41) is 2.83. The third kappa shape index (κ3) is 4.59. The van der Waals surface area contributed by atoms with Crippen molar-refractivity contribution in [1.82, 2.24) is 5.32 Å². The van der Waals surface area contributed by atoms with Crippen LogP contribution in [0.2, 0.25) is 10.0 Å². The first kappa shape index (κ1) is 18.0. The molecule has 1 aliphatic rings. The minimum absolute atomic E-state index is 0.0155. The number of hydrogen-bond acceptors (Lipinski definition) is 5. The minimum Gasteiger partial charge on any atom is -0.452 e. The zero-order valence-electron chi connectivity index (χ0n) is 12.3. The molecule has 126 valence electrons. The molecule has 0 radical (unpaired) electrons. The number of sulfone groups is 1. The van der Waals surface area contributed by atoms with E-state index in [4.69, 9.17) is 27.9 Å². The number of ether oxygens (including phenoxy) is 1. The predicted octanol–water partition coefficient (Wildman–Crippen LogP) is 1.84. The van der Waals surface area contributed by atoms with Gasteiger partial charge in [-0.05, 0) is 25.5 Å². The van der Waals surface area contributed by atoms with Gasteiger partial charge in [-0.15, -0.1) is 0 Å². The number of nitrogens with one attached hydrogen (secondary N) is 1. The van der Waals surface area contributed by atoms with Crippen LogP contribution in [0.5, 0.6) is 0 Å². The zero-order valence-corrected chi connectivity index (χ0v) is 14.6. The van der Waals surface area contributed by atoms with Crippen LogP contribution in [-0.2, 0) is 19.4 Å². The Morgan fingerprint density at radius 2 is 1.91 bits per heavy atom. The van der Waals surface area contributed by atoms with E-state index in [2.05, 4.69) is 5.32 Å². The molecule has 1 N–H and O–H groups in total. The Bertz CT molecular complexity index is 729. The van der Waals surface area contributed by atoms with Crippen molar-refractivity contribution in [1.29, 1.82) is 0 Å². The van der Waals surface area contributed by atoms with Crippen molar-refractivity contribution in [2.75, 3.05) is 18.1 Å². The first-order valence-corrected chi connectivity index (χ1v) is 9.32. The quantitative estimate of drug-likeness (QED) is 0.806. The van der Waals surface area contributed by atoms with E-state index in [0.717, 1.165) is 0 Å². The first-order chi connectivity index (χ1) is 10.6. The maximum absolute atomic E-state index is 11.9. The molecule has 0 unspecified atom stereocenters. The van der Waals surface area contributed by atoms with Gasteiger partial charge in [0, 0.05) is 0 Å². The highest BCUT2D eigenvalue weighted by Gasteiger charge is 2.39. The zero-order chi connectivity index (χ0) is 17.3. The summed E-state index contributed by atoms with van der Waals surface area (Å²) in [6.45, 7) is 1.10. The van der Waals surface area contributed by atoms with Gasteiger partial charge >= 0.3 is 5.97 Å². The fourth-order valence-electron chi connectivity index (χ4n) is 2.38. The molecule has 2 rings (SSSR count). The van der Waals surface area contributed by atoms with Gasteiger partial charge in [-0.2, -0.15) is 0 Å². The molecule has 9 heteroatoms. The van der Waals surface area contributed by atoms with Crippen molar-refractivity contribution in [3.05, 3.63) is 33.8 Å².